The van der Waals surface area contributed by atoms with Gasteiger partial charge in [0.2, 0.25) is 0 Å². The van der Waals surface area contributed by atoms with Gasteiger partial charge >= 0.3 is 0 Å². The molecule has 0 amide bonds. The molecular weight excluding hydrogens is 224 g/mol. The first-order chi connectivity index (χ1) is 8.79. The molecule has 1 aromatic carbocycles. The van der Waals surface area contributed by atoms with Crippen LogP contribution in [-0.4, -0.2) is 13.7 Å². The maximum atomic E-state index is 5.71. The van der Waals surface area contributed by atoms with Gasteiger partial charge < -0.3 is 9.47 Å². The Morgan fingerprint density at radius 1 is 1.28 bits per heavy atom. The highest BCUT2D eigenvalue weighted by molar-refractivity contribution is 5.27. The predicted octanol–water partition coefficient (Wildman–Crippen LogP) is 3.96. The van der Waals surface area contributed by atoms with Crippen molar-refractivity contribution in [1.82, 2.24) is 0 Å². The van der Waals surface area contributed by atoms with Crippen LogP contribution >= 0.6 is 0 Å². The van der Waals surface area contributed by atoms with E-state index >= 15 is 0 Å². The molecule has 0 unspecified atom stereocenters. The Hall–Kier alpha value is -1.44. The summed E-state index contributed by atoms with van der Waals surface area (Å²) >= 11 is 0. The molecule has 0 saturated heterocycles. The van der Waals surface area contributed by atoms with Crippen LogP contribution in [0.15, 0.2) is 36.1 Å². The van der Waals surface area contributed by atoms with Gasteiger partial charge in [0.05, 0.1) is 19.5 Å². The lowest BCUT2D eigenvalue weighted by molar-refractivity contribution is 0.161. The van der Waals surface area contributed by atoms with Crippen LogP contribution in [0.3, 0.4) is 0 Å². The lowest BCUT2D eigenvalue weighted by Gasteiger charge is -2.20. The SMILES string of the molecule is COc1ccc(CC[C@@H](C)C2=CCCCO2)cc1. The summed E-state index contributed by atoms with van der Waals surface area (Å²) < 4.78 is 10.9. The third kappa shape index (κ3) is 3.52. The minimum absolute atomic E-state index is 0.521. The number of ether oxygens (including phenoxy) is 2. The lowest BCUT2D eigenvalue weighted by atomic mass is 9.98. The van der Waals surface area contributed by atoms with Crippen molar-refractivity contribution in [3.8, 4) is 5.75 Å². The average molecular weight is 246 g/mol. The molecule has 1 aliphatic rings. The van der Waals surface area contributed by atoms with E-state index in [9.17, 15) is 0 Å². The molecule has 0 aromatic heterocycles. The molecule has 0 N–H and O–H groups in total. The largest absolute Gasteiger partial charge is 0.498 e. The fourth-order valence-electron chi connectivity index (χ4n) is 2.24. The van der Waals surface area contributed by atoms with Crippen molar-refractivity contribution in [2.75, 3.05) is 13.7 Å². The number of hydrogen-bond acceptors (Lipinski definition) is 2. The monoisotopic (exact) mass is 246 g/mol. The minimum Gasteiger partial charge on any atom is -0.498 e. The number of benzene rings is 1. The maximum Gasteiger partial charge on any atom is 0.118 e. The summed E-state index contributed by atoms with van der Waals surface area (Å²) in [7, 11) is 1.70. The second-order valence-electron chi connectivity index (χ2n) is 4.88. The fourth-order valence-corrected chi connectivity index (χ4v) is 2.24. The lowest BCUT2D eigenvalue weighted by Crippen LogP contribution is -2.09. The van der Waals surface area contributed by atoms with Crippen LogP contribution in [0, 0.1) is 5.92 Å². The van der Waals surface area contributed by atoms with Crippen LogP contribution in [-0.2, 0) is 11.2 Å². The van der Waals surface area contributed by atoms with Crippen molar-refractivity contribution in [2.24, 2.45) is 5.92 Å². The van der Waals surface area contributed by atoms with Crippen molar-refractivity contribution < 1.29 is 9.47 Å². The van der Waals surface area contributed by atoms with Gasteiger partial charge in [-0.2, -0.15) is 0 Å². The minimum atomic E-state index is 0.521. The zero-order valence-corrected chi connectivity index (χ0v) is 11.3. The highest BCUT2D eigenvalue weighted by atomic mass is 16.5. The molecule has 18 heavy (non-hydrogen) atoms. The van der Waals surface area contributed by atoms with E-state index < -0.39 is 0 Å². The molecule has 1 atom stereocenters. The average Bonchev–Trinajstić information content (AvgIpc) is 2.46. The molecule has 2 nitrogen and oxygen atoms in total. The van der Waals surface area contributed by atoms with Gasteiger partial charge in [-0.15, -0.1) is 0 Å². The molecule has 0 bridgehead atoms. The van der Waals surface area contributed by atoms with E-state index in [1.165, 1.54) is 17.7 Å². The third-order valence-corrected chi connectivity index (χ3v) is 3.47. The van der Waals surface area contributed by atoms with Crippen LogP contribution in [0.1, 0.15) is 31.7 Å². The van der Waals surface area contributed by atoms with Gasteiger partial charge in [0, 0.05) is 5.92 Å². The predicted molar refractivity (Wildman–Crippen MR) is 73.7 cm³/mol. The summed E-state index contributed by atoms with van der Waals surface area (Å²) in [6.07, 6.45) is 6.81. The number of aryl methyl sites for hydroxylation is 1. The first kappa shape index (κ1) is 13.0. The molecule has 0 aliphatic carbocycles. The molecule has 2 heteroatoms. The quantitative estimate of drug-likeness (QED) is 0.783. The van der Waals surface area contributed by atoms with Crippen LogP contribution in [0.25, 0.3) is 0 Å². The van der Waals surface area contributed by atoms with Crippen molar-refractivity contribution >= 4 is 0 Å². The summed E-state index contributed by atoms with van der Waals surface area (Å²) in [5, 5.41) is 0. The fraction of sp³-hybridized carbons (Fsp3) is 0.500. The van der Waals surface area contributed by atoms with Gasteiger partial charge in [-0.25, -0.2) is 0 Å². The van der Waals surface area contributed by atoms with Crippen LogP contribution in [0.2, 0.25) is 0 Å². The van der Waals surface area contributed by atoms with Crippen molar-refractivity contribution in [3.63, 3.8) is 0 Å². The van der Waals surface area contributed by atoms with Gasteiger partial charge in [-0.05, 0) is 49.5 Å². The van der Waals surface area contributed by atoms with Crippen LogP contribution in [0.5, 0.6) is 5.75 Å². The molecule has 0 radical (unpaired) electrons. The first-order valence-electron chi connectivity index (χ1n) is 6.75. The highest BCUT2D eigenvalue weighted by Gasteiger charge is 2.12. The number of hydrogen-bond donors (Lipinski definition) is 0. The molecule has 0 spiro atoms. The molecular formula is C16H22O2. The van der Waals surface area contributed by atoms with Gasteiger partial charge in [-0.1, -0.05) is 19.1 Å². The zero-order chi connectivity index (χ0) is 12.8. The van der Waals surface area contributed by atoms with Gasteiger partial charge in [0.1, 0.15) is 5.75 Å². The van der Waals surface area contributed by atoms with Gasteiger partial charge in [0.15, 0.2) is 0 Å². The normalized spacial score (nSPS) is 16.7. The summed E-state index contributed by atoms with van der Waals surface area (Å²) in [4.78, 5) is 0. The third-order valence-electron chi connectivity index (χ3n) is 3.47. The Morgan fingerprint density at radius 2 is 2.06 bits per heavy atom. The molecule has 0 saturated carbocycles. The Kier molecular flexibility index (Phi) is 4.68. The number of rotatable bonds is 5. The van der Waals surface area contributed by atoms with E-state index in [0.717, 1.165) is 31.6 Å². The molecule has 0 fully saturated rings. The first-order valence-corrected chi connectivity index (χ1v) is 6.75. The number of methoxy groups -OCH3 is 1. The van der Waals surface area contributed by atoms with E-state index in [1.54, 1.807) is 7.11 Å². The smallest absolute Gasteiger partial charge is 0.118 e. The standard InChI is InChI=1S/C16H22O2/c1-13(16-5-3-4-12-18-16)6-7-14-8-10-15(17-2)11-9-14/h5,8-11,13H,3-4,6-7,12H2,1-2H3/t13-/m1/s1. The summed E-state index contributed by atoms with van der Waals surface area (Å²) in [5.41, 5.74) is 1.36. The Bertz CT molecular complexity index is 392. The maximum absolute atomic E-state index is 5.71. The van der Waals surface area contributed by atoms with Crippen molar-refractivity contribution in [1.29, 1.82) is 0 Å². The van der Waals surface area contributed by atoms with Crippen LogP contribution < -0.4 is 4.74 Å². The van der Waals surface area contributed by atoms with Crippen molar-refractivity contribution in [3.05, 3.63) is 41.7 Å². The van der Waals surface area contributed by atoms with E-state index in [-0.39, 0.29) is 0 Å². The summed E-state index contributed by atoms with van der Waals surface area (Å²) in [6, 6.07) is 8.33. The summed E-state index contributed by atoms with van der Waals surface area (Å²) in [5.74, 6) is 2.63. The molecule has 2 rings (SSSR count). The highest BCUT2D eigenvalue weighted by Crippen LogP contribution is 2.23. The zero-order valence-electron chi connectivity index (χ0n) is 11.3. The Labute approximate surface area is 110 Å². The van der Waals surface area contributed by atoms with E-state index in [2.05, 4.69) is 25.1 Å². The Balaban J connectivity index is 1.84. The van der Waals surface area contributed by atoms with E-state index in [0.29, 0.717) is 5.92 Å². The Morgan fingerprint density at radius 3 is 2.67 bits per heavy atom. The molecule has 98 valence electrons. The second-order valence-corrected chi connectivity index (χ2v) is 4.88. The van der Waals surface area contributed by atoms with Crippen LogP contribution in [0.4, 0.5) is 0 Å². The van der Waals surface area contributed by atoms with Crippen molar-refractivity contribution in [2.45, 2.75) is 32.6 Å². The molecule has 1 aromatic rings. The second kappa shape index (κ2) is 6.48. The molecule has 1 heterocycles. The summed E-state index contributed by atoms with van der Waals surface area (Å²) in [6.45, 7) is 3.14. The van der Waals surface area contributed by atoms with E-state index in [1.807, 2.05) is 12.1 Å². The van der Waals surface area contributed by atoms with Gasteiger partial charge in [-0.3, -0.25) is 0 Å². The van der Waals surface area contributed by atoms with Gasteiger partial charge in [0.25, 0.3) is 0 Å². The topological polar surface area (TPSA) is 18.5 Å². The molecule has 1 aliphatic heterocycles. The number of allylic oxidation sites excluding steroid dienone is 2. The van der Waals surface area contributed by atoms with E-state index in [4.69, 9.17) is 9.47 Å².